The van der Waals surface area contributed by atoms with Crippen molar-refractivity contribution in [3.8, 4) is 0 Å². The van der Waals surface area contributed by atoms with Gasteiger partial charge in [0.05, 0.1) is 12.0 Å². The third kappa shape index (κ3) is 17.6. The molecular formula is C35H64O4Si. The quantitative estimate of drug-likeness (QED) is 0.0609. The summed E-state index contributed by atoms with van der Waals surface area (Å²) >= 11 is 0. The minimum absolute atomic E-state index is 0.0957. The van der Waals surface area contributed by atoms with E-state index in [1.807, 2.05) is 0 Å². The Morgan fingerprint density at radius 2 is 1.35 bits per heavy atom. The average Bonchev–Trinajstić information content (AvgIpc) is 2.90. The fraction of sp³-hybridized carbons (Fsp3) is 0.800. The summed E-state index contributed by atoms with van der Waals surface area (Å²) in [6, 6.07) is 9.47. The highest BCUT2D eigenvalue weighted by atomic mass is 28.4. The first-order chi connectivity index (χ1) is 19.0. The number of unbranched alkanes of at least 4 members (excludes halogenated alkanes) is 11. The van der Waals surface area contributed by atoms with Gasteiger partial charge in [0.2, 0.25) is 0 Å². The van der Waals surface area contributed by atoms with Gasteiger partial charge in [-0.05, 0) is 61.4 Å². The topological polar surface area (TPSA) is 55.8 Å². The molecule has 1 rings (SSSR count). The van der Waals surface area contributed by atoms with Crippen LogP contribution in [0.4, 0.5) is 0 Å². The van der Waals surface area contributed by atoms with Crippen molar-refractivity contribution in [1.82, 2.24) is 0 Å². The van der Waals surface area contributed by atoms with Gasteiger partial charge in [-0.15, -0.1) is 0 Å². The van der Waals surface area contributed by atoms with Crippen LogP contribution in [0.3, 0.4) is 0 Å². The van der Waals surface area contributed by atoms with Crippen LogP contribution in [-0.4, -0.2) is 25.5 Å². The molecule has 232 valence electrons. The summed E-state index contributed by atoms with van der Waals surface area (Å²) in [5.74, 6) is -0.459. The van der Waals surface area contributed by atoms with Gasteiger partial charge in [0.15, 0.2) is 0 Å². The number of carbonyl (C=O) groups is 1. The summed E-state index contributed by atoms with van der Waals surface area (Å²) < 4.78 is 5.90. The monoisotopic (exact) mass is 576 g/mol. The van der Waals surface area contributed by atoms with Crippen LogP contribution in [0.5, 0.6) is 0 Å². The zero-order chi connectivity index (χ0) is 29.9. The molecule has 0 aromatic heterocycles. The molecular weight excluding hydrogens is 512 g/mol. The third-order valence-electron chi connectivity index (χ3n) is 8.00. The molecule has 0 fully saturated rings. The van der Waals surface area contributed by atoms with E-state index >= 15 is 0 Å². The maximum atomic E-state index is 13.1. The highest BCUT2D eigenvalue weighted by Gasteiger charge is 2.30. The highest BCUT2D eigenvalue weighted by Crippen LogP contribution is 2.26. The van der Waals surface area contributed by atoms with E-state index in [0.29, 0.717) is 12.8 Å². The molecule has 0 heterocycles. The van der Waals surface area contributed by atoms with Crippen molar-refractivity contribution in [2.75, 3.05) is 0 Å². The lowest BCUT2D eigenvalue weighted by Crippen LogP contribution is -2.36. The molecule has 0 amide bonds. The number of carbonyl (C=O) groups excluding carboxylic acids is 1. The lowest BCUT2D eigenvalue weighted by atomic mass is 9.86. The van der Waals surface area contributed by atoms with Crippen LogP contribution in [0.1, 0.15) is 155 Å². The first kappa shape index (κ1) is 36.9. The van der Waals surface area contributed by atoms with Crippen LogP contribution in [-0.2, 0) is 25.7 Å². The van der Waals surface area contributed by atoms with Crippen LogP contribution >= 0.6 is 0 Å². The van der Waals surface area contributed by atoms with Gasteiger partial charge in [-0.2, -0.15) is 0 Å². The Morgan fingerprint density at radius 1 is 0.800 bits per heavy atom. The van der Waals surface area contributed by atoms with Crippen LogP contribution < -0.4 is 0 Å². The van der Waals surface area contributed by atoms with Crippen molar-refractivity contribution in [2.45, 2.75) is 174 Å². The molecule has 4 nitrogen and oxygen atoms in total. The van der Waals surface area contributed by atoms with Crippen molar-refractivity contribution >= 4 is 14.3 Å². The minimum Gasteiger partial charge on any atom is -0.393 e. The van der Waals surface area contributed by atoms with E-state index in [9.17, 15) is 9.90 Å². The molecule has 0 unspecified atom stereocenters. The number of aliphatic hydroxyl groups is 1. The number of hydrogen-bond acceptors (Lipinski definition) is 4. The van der Waals surface area contributed by atoms with Crippen molar-refractivity contribution < 1.29 is 19.4 Å². The molecule has 1 aromatic carbocycles. The smallest absolute Gasteiger partial charge is 0.343 e. The lowest BCUT2D eigenvalue weighted by molar-refractivity contribution is -0.225. The Labute approximate surface area is 249 Å². The maximum Gasteiger partial charge on any atom is 0.343 e. The second kappa shape index (κ2) is 20.7. The van der Waals surface area contributed by atoms with E-state index in [-0.39, 0.29) is 23.4 Å². The summed E-state index contributed by atoms with van der Waals surface area (Å²) in [4.78, 5) is 18.7. The van der Waals surface area contributed by atoms with Crippen molar-refractivity contribution in [3.05, 3.63) is 35.4 Å². The largest absolute Gasteiger partial charge is 0.393 e. The van der Waals surface area contributed by atoms with Gasteiger partial charge < -0.3 is 9.99 Å². The standard InChI is InChI=1S/C35H64O4Si/c1-8-10-12-14-15-16-17-18-20-25-33(36)27-26-31(23-19-13-11-9-2)34(37)38-39-40(6,7)29-30-22-21-24-32(28-30)35(3,4)5/h21-22,24,28,31,33,36H,8-20,23,25-27,29H2,1-7H3/t31-,33+/m0/s1. The summed E-state index contributed by atoms with van der Waals surface area (Å²) in [7, 11) is -2.25. The molecule has 0 aliphatic heterocycles. The molecule has 0 saturated heterocycles. The fourth-order valence-electron chi connectivity index (χ4n) is 5.32. The van der Waals surface area contributed by atoms with Crippen LogP contribution in [0.15, 0.2) is 24.3 Å². The SMILES string of the molecule is CCCCCCCCCCC[C@@H](O)CC[C@H](CCCCCC)C(=O)OO[Si](C)(C)Cc1cccc(C(C)(C)C)c1. The first-order valence-corrected chi connectivity index (χ1v) is 19.8. The van der Waals surface area contributed by atoms with Gasteiger partial charge in [0.25, 0.3) is 8.32 Å². The van der Waals surface area contributed by atoms with E-state index in [1.54, 1.807) is 0 Å². The van der Waals surface area contributed by atoms with E-state index in [2.05, 4.69) is 72.0 Å². The number of benzene rings is 1. The average molecular weight is 577 g/mol. The van der Waals surface area contributed by atoms with Crippen molar-refractivity contribution in [1.29, 1.82) is 0 Å². The Morgan fingerprint density at radius 3 is 1.95 bits per heavy atom. The summed E-state index contributed by atoms with van der Waals surface area (Å²) in [5, 5.41) is 10.6. The zero-order valence-electron chi connectivity index (χ0n) is 27.4. The Kier molecular flexibility index (Phi) is 19.0. The van der Waals surface area contributed by atoms with Gasteiger partial charge in [0, 0.05) is 0 Å². The molecule has 0 aliphatic carbocycles. The van der Waals surface area contributed by atoms with Crippen LogP contribution in [0.2, 0.25) is 13.1 Å². The molecule has 40 heavy (non-hydrogen) atoms. The van der Waals surface area contributed by atoms with E-state index < -0.39 is 8.32 Å². The molecule has 0 spiro atoms. The van der Waals surface area contributed by atoms with E-state index in [1.165, 1.54) is 75.3 Å². The fourth-order valence-corrected chi connectivity index (χ4v) is 6.89. The van der Waals surface area contributed by atoms with E-state index in [0.717, 1.165) is 38.1 Å². The first-order valence-electron chi connectivity index (χ1n) is 16.7. The van der Waals surface area contributed by atoms with Crippen molar-refractivity contribution in [3.63, 3.8) is 0 Å². The predicted octanol–water partition coefficient (Wildman–Crippen LogP) is 10.4. The van der Waals surface area contributed by atoms with Gasteiger partial charge in [0.1, 0.15) is 0 Å². The van der Waals surface area contributed by atoms with Gasteiger partial charge in [-0.1, -0.05) is 142 Å². The number of hydrogen-bond donors (Lipinski definition) is 1. The summed E-state index contributed by atoms with van der Waals surface area (Å²) in [6.07, 6.45) is 18.7. The molecule has 0 bridgehead atoms. The molecule has 5 heteroatoms. The van der Waals surface area contributed by atoms with Gasteiger partial charge in [-0.25, -0.2) is 9.37 Å². The number of rotatable bonds is 23. The number of aliphatic hydroxyl groups excluding tert-OH is 1. The lowest BCUT2D eigenvalue weighted by Gasteiger charge is -2.24. The minimum atomic E-state index is -2.25. The third-order valence-corrected chi connectivity index (χ3v) is 9.80. The molecule has 0 radical (unpaired) electrons. The predicted molar refractivity (Wildman–Crippen MR) is 173 cm³/mol. The summed E-state index contributed by atoms with van der Waals surface area (Å²) in [6.45, 7) is 15.3. The van der Waals surface area contributed by atoms with Crippen molar-refractivity contribution in [2.24, 2.45) is 5.92 Å². The van der Waals surface area contributed by atoms with Crippen LogP contribution in [0, 0.1) is 5.92 Å². The maximum absolute atomic E-state index is 13.1. The zero-order valence-corrected chi connectivity index (χ0v) is 28.4. The Hall–Kier alpha value is -1.17. The van der Waals surface area contributed by atoms with Gasteiger partial charge >= 0.3 is 5.97 Å². The Bertz CT molecular complexity index is 786. The van der Waals surface area contributed by atoms with Gasteiger partial charge in [-0.3, -0.25) is 0 Å². The van der Waals surface area contributed by atoms with E-state index in [4.69, 9.17) is 9.46 Å². The molecule has 1 N–H and O–H groups in total. The normalized spacial score (nSPS) is 13.8. The summed E-state index contributed by atoms with van der Waals surface area (Å²) in [5.41, 5.74) is 2.63. The molecule has 2 atom stereocenters. The molecule has 0 aliphatic rings. The molecule has 1 aromatic rings. The second-order valence-corrected chi connectivity index (χ2v) is 17.8. The highest BCUT2D eigenvalue weighted by molar-refractivity contribution is 6.70. The Balaban J connectivity index is 2.51. The molecule has 0 saturated carbocycles. The second-order valence-electron chi connectivity index (χ2n) is 13.8. The van der Waals surface area contributed by atoms with Crippen LogP contribution in [0.25, 0.3) is 0 Å².